The molecule has 0 saturated carbocycles. The van der Waals surface area contributed by atoms with Gasteiger partial charge in [-0.2, -0.15) is 11.8 Å². The number of nitrogens with zero attached hydrogens (tertiary/aromatic N) is 1. The number of amides is 1. The molecule has 0 atom stereocenters. The van der Waals surface area contributed by atoms with Crippen LogP contribution in [-0.4, -0.2) is 47.5 Å². The zero-order chi connectivity index (χ0) is 12.1. The molecule has 1 N–H and O–H groups in total. The molecule has 0 unspecified atom stereocenters. The number of carboxylic acid groups (broad SMARTS) is 1. The number of rotatable bonds is 5. The number of aromatic carboxylic acids is 1. The minimum atomic E-state index is -1.10. The van der Waals surface area contributed by atoms with Crippen molar-refractivity contribution >= 4 is 23.6 Å². The number of carboxylic acids is 1. The number of hydrogen-bond acceptors (Lipinski definition) is 4. The molecule has 1 rings (SSSR count). The van der Waals surface area contributed by atoms with Gasteiger partial charge in [0.15, 0.2) is 5.76 Å². The van der Waals surface area contributed by atoms with E-state index in [1.165, 1.54) is 11.0 Å². The Morgan fingerprint density at radius 1 is 1.56 bits per heavy atom. The predicted molar refractivity (Wildman–Crippen MR) is 61.0 cm³/mol. The fraction of sp³-hybridized carbons (Fsp3) is 0.400. The molecule has 1 heterocycles. The molecule has 88 valence electrons. The Labute approximate surface area is 97.4 Å². The Morgan fingerprint density at radius 3 is 2.75 bits per heavy atom. The van der Waals surface area contributed by atoms with E-state index in [-0.39, 0.29) is 17.2 Å². The van der Waals surface area contributed by atoms with E-state index in [4.69, 9.17) is 9.52 Å². The Bertz CT molecular complexity index is 388. The van der Waals surface area contributed by atoms with E-state index in [9.17, 15) is 9.59 Å². The van der Waals surface area contributed by atoms with Crippen LogP contribution in [0, 0.1) is 0 Å². The summed E-state index contributed by atoms with van der Waals surface area (Å²) in [6.45, 7) is 0.600. The highest BCUT2D eigenvalue weighted by molar-refractivity contribution is 7.98. The molecular weight excluding hydrogens is 230 g/mol. The predicted octanol–water partition coefficient (Wildman–Crippen LogP) is 1.41. The number of carbonyl (C=O) groups is 2. The quantitative estimate of drug-likeness (QED) is 0.846. The largest absolute Gasteiger partial charge is 0.478 e. The molecule has 0 fully saturated rings. The first-order chi connectivity index (χ1) is 7.56. The first kappa shape index (κ1) is 12.6. The summed E-state index contributed by atoms with van der Waals surface area (Å²) in [5.74, 6) is -0.522. The van der Waals surface area contributed by atoms with Crippen molar-refractivity contribution in [2.24, 2.45) is 0 Å². The van der Waals surface area contributed by atoms with Crippen LogP contribution in [0.2, 0.25) is 0 Å². The molecule has 1 aromatic heterocycles. The van der Waals surface area contributed by atoms with Gasteiger partial charge < -0.3 is 14.4 Å². The smallest absolute Gasteiger partial charge is 0.338 e. The van der Waals surface area contributed by atoms with Crippen LogP contribution in [0.5, 0.6) is 0 Å². The summed E-state index contributed by atoms with van der Waals surface area (Å²) in [4.78, 5) is 23.8. The van der Waals surface area contributed by atoms with Crippen LogP contribution >= 0.6 is 11.8 Å². The minimum absolute atomic E-state index is 0.0124. The third kappa shape index (κ3) is 3.03. The number of furan rings is 1. The van der Waals surface area contributed by atoms with Gasteiger partial charge in [-0.1, -0.05) is 0 Å². The molecule has 0 aliphatic rings. The van der Waals surface area contributed by atoms with Crippen molar-refractivity contribution in [1.82, 2.24) is 4.90 Å². The summed E-state index contributed by atoms with van der Waals surface area (Å²) in [6, 6.07) is 1.24. The fourth-order valence-corrected chi connectivity index (χ4v) is 1.53. The molecule has 5 nitrogen and oxygen atoms in total. The lowest BCUT2D eigenvalue weighted by atomic mass is 10.3. The number of carbonyl (C=O) groups excluding carboxylic acids is 1. The molecule has 6 heteroatoms. The van der Waals surface area contributed by atoms with Crippen LogP contribution in [0.3, 0.4) is 0 Å². The van der Waals surface area contributed by atoms with E-state index in [1.807, 2.05) is 6.26 Å². The topological polar surface area (TPSA) is 70.8 Å². The van der Waals surface area contributed by atoms with Gasteiger partial charge in [-0.15, -0.1) is 0 Å². The van der Waals surface area contributed by atoms with Crippen LogP contribution < -0.4 is 0 Å². The molecule has 0 spiro atoms. The van der Waals surface area contributed by atoms with Gasteiger partial charge in [0.1, 0.15) is 6.26 Å². The first-order valence-electron chi connectivity index (χ1n) is 4.62. The molecule has 0 aliphatic carbocycles. The van der Waals surface area contributed by atoms with Crippen LogP contribution in [0.15, 0.2) is 16.7 Å². The highest BCUT2D eigenvalue weighted by Gasteiger charge is 2.17. The summed E-state index contributed by atoms with van der Waals surface area (Å²) < 4.78 is 4.91. The molecule has 0 bridgehead atoms. The molecule has 0 aromatic carbocycles. The van der Waals surface area contributed by atoms with Crippen molar-refractivity contribution in [3.63, 3.8) is 0 Å². The van der Waals surface area contributed by atoms with Crippen LogP contribution in [-0.2, 0) is 0 Å². The van der Waals surface area contributed by atoms with Gasteiger partial charge >= 0.3 is 5.97 Å². The monoisotopic (exact) mass is 243 g/mol. The van der Waals surface area contributed by atoms with Crippen molar-refractivity contribution in [3.8, 4) is 0 Å². The zero-order valence-electron chi connectivity index (χ0n) is 9.10. The second kappa shape index (κ2) is 5.60. The van der Waals surface area contributed by atoms with Crippen molar-refractivity contribution in [2.45, 2.75) is 0 Å². The van der Waals surface area contributed by atoms with E-state index in [1.54, 1.807) is 18.8 Å². The first-order valence-corrected chi connectivity index (χ1v) is 6.02. The SMILES string of the molecule is CSCCN(C)C(=O)c1cc(C(=O)O)co1. The lowest BCUT2D eigenvalue weighted by molar-refractivity contribution is 0.0695. The Morgan fingerprint density at radius 2 is 2.25 bits per heavy atom. The summed E-state index contributed by atoms with van der Waals surface area (Å²) in [5, 5.41) is 8.67. The lowest BCUT2D eigenvalue weighted by Crippen LogP contribution is -2.28. The van der Waals surface area contributed by atoms with Gasteiger partial charge in [-0.25, -0.2) is 4.79 Å². The van der Waals surface area contributed by atoms with Crippen molar-refractivity contribution in [2.75, 3.05) is 25.6 Å². The van der Waals surface area contributed by atoms with Crippen molar-refractivity contribution in [3.05, 3.63) is 23.7 Å². The highest BCUT2D eigenvalue weighted by Crippen LogP contribution is 2.10. The van der Waals surface area contributed by atoms with Crippen molar-refractivity contribution < 1.29 is 19.1 Å². The van der Waals surface area contributed by atoms with E-state index < -0.39 is 5.97 Å². The van der Waals surface area contributed by atoms with E-state index in [2.05, 4.69) is 0 Å². The van der Waals surface area contributed by atoms with Crippen LogP contribution in [0.1, 0.15) is 20.9 Å². The Hall–Kier alpha value is -1.43. The van der Waals surface area contributed by atoms with Gasteiger partial charge in [0.25, 0.3) is 5.91 Å². The number of thioether (sulfide) groups is 1. The maximum Gasteiger partial charge on any atom is 0.338 e. The fourth-order valence-electron chi connectivity index (χ4n) is 1.08. The average molecular weight is 243 g/mol. The normalized spacial score (nSPS) is 10.1. The molecular formula is C10H13NO4S. The van der Waals surface area contributed by atoms with Crippen LogP contribution in [0.25, 0.3) is 0 Å². The summed E-state index contributed by atoms with van der Waals surface area (Å²) in [5.41, 5.74) is -0.0124. The Kier molecular flexibility index (Phi) is 4.42. The molecule has 0 aliphatic heterocycles. The summed E-state index contributed by atoms with van der Waals surface area (Å²) in [7, 11) is 1.65. The van der Waals surface area contributed by atoms with E-state index in [0.29, 0.717) is 6.54 Å². The number of hydrogen-bond donors (Lipinski definition) is 1. The molecule has 0 saturated heterocycles. The standard InChI is InChI=1S/C10H13NO4S/c1-11(3-4-16-2)9(12)8-5-7(6-15-8)10(13)14/h5-6H,3-4H2,1-2H3,(H,13,14). The van der Waals surface area contributed by atoms with Crippen molar-refractivity contribution in [1.29, 1.82) is 0 Å². The second-order valence-corrected chi connectivity index (χ2v) is 4.21. The maximum absolute atomic E-state index is 11.7. The Balaban J connectivity index is 2.68. The molecule has 0 radical (unpaired) electrons. The minimum Gasteiger partial charge on any atom is -0.478 e. The van der Waals surface area contributed by atoms with E-state index >= 15 is 0 Å². The van der Waals surface area contributed by atoms with Gasteiger partial charge in [-0.3, -0.25) is 4.79 Å². The molecule has 1 amide bonds. The van der Waals surface area contributed by atoms with Gasteiger partial charge in [0, 0.05) is 25.4 Å². The maximum atomic E-state index is 11.7. The third-order valence-corrected chi connectivity index (χ3v) is 2.63. The summed E-state index contributed by atoms with van der Waals surface area (Å²) in [6.07, 6.45) is 3.02. The van der Waals surface area contributed by atoms with E-state index in [0.717, 1.165) is 12.0 Å². The van der Waals surface area contributed by atoms with Gasteiger partial charge in [0.2, 0.25) is 0 Å². The summed E-state index contributed by atoms with van der Waals surface area (Å²) >= 11 is 1.63. The molecule has 1 aromatic rings. The average Bonchev–Trinajstić information content (AvgIpc) is 2.74. The second-order valence-electron chi connectivity index (χ2n) is 3.22. The lowest BCUT2D eigenvalue weighted by Gasteiger charge is -2.14. The highest BCUT2D eigenvalue weighted by atomic mass is 32.2. The molecule has 16 heavy (non-hydrogen) atoms. The van der Waals surface area contributed by atoms with Gasteiger partial charge in [-0.05, 0) is 6.26 Å². The van der Waals surface area contributed by atoms with Gasteiger partial charge in [0.05, 0.1) is 5.56 Å². The zero-order valence-corrected chi connectivity index (χ0v) is 9.91. The van der Waals surface area contributed by atoms with Crippen LogP contribution in [0.4, 0.5) is 0 Å². The third-order valence-electron chi connectivity index (χ3n) is 2.03.